The van der Waals surface area contributed by atoms with Crippen LogP contribution in [0.4, 0.5) is 0 Å². The second-order valence-electron chi connectivity index (χ2n) is 23.0. The Morgan fingerprint density at radius 3 is 1.53 bits per heavy atom. The summed E-state index contributed by atoms with van der Waals surface area (Å²) >= 11 is 0. The summed E-state index contributed by atoms with van der Waals surface area (Å²) in [6.07, 6.45) is -0.761. The van der Waals surface area contributed by atoms with E-state index in [1.54, 1.807) is 86.7 Å². The molecule has 0 aliphatic carbocycles. The van der Waals surface area contributed by atoms with Gasteiger partial charge in [0.2, 0.25) is 65.0 Å². The summed E-state index contributed by atoms with van der Waals surface area (Å²) in [6, 6.07) is 0.351. The molecule has 15 N–H and O–H groups in total. The van der Waals surface area contributed by atoms with Crippen LogP contribution in [0.15, 0.2) is 54.6 Å². The Balaban J connectivity index is 1.86. The minimum Gasteiger partial charge on any atom is -0.497 e. The largest absolute Gasteiger partial charge is 0.497 e. The van der Waals surface area contributed by atoms with Gasteiger partial charge in [-0.15, -0.1) is 0 Å². The van der Waals surface area contributed by atoms with E-state index >= 15 is 0 Å². The lowest BCUT2D eigenvalue weighted by atomic mass is 9.94. The minimum atomic E-state index is -1.82. The van der Waals surface area contributed by atoms with Crippen LogP contribution in [0.2, 0.25) is 0 Å². The van der Waals surface area contributed by atoms with Gasteiger partial charge in [-0.2, -0.15) is 0 Å². The van der Waals surface area contributed by atoms with Crippen LogP contribution in [0.3, 0.4) is 0 Å². The maximum Gasteiger partial charge on any atom is 0.329 e. The Morgan fingerprint density at radius 2 is 1.06 bits per heavy atom. The van der Waals surface area contributed by atoms with E-state index < -0.39 is 193 Å². The molecule has 28 nitrogen and oxygen atoms in total. The number of nitrogens with one attached hydrogen (secondary N) is 11. The first-order valence-corrected chi connectivity index (χ1v) is 30.7. The predicted octanol–water partition coefficient (Wildman–Crippen LogP) is -1.68. The number of aliphatic hydroxyl groups excluding tert-OH is 2. The number of amides is 11. The molecular weight excluding hydrogens is 1170 g/mol. The van der Waals surface area contributed by atoms with E-state index in [1.165, 1.54) is 21.0 Å². The van der Waals surface area contributed by atoms with Crippen LogP contribution in [0.1, 0.15) is 119 Å². The van der Waals surface area contributed by atoms with Crippen LogP contribution in [0.5, 0.6) is 5.75 Å². The Bertz CT molecular complexity index is 2760. The lowest BCUT2D eigenvalue weighted by Crippen LogP contribution is -2.63. The van der Waals surface area contributed by atoms with Crippen molar-refractivity contribution in [2.75, 3.05) is 27.4 Å². The van der Waals surface area contributed by atoms with Gasteiger partial charge in [0.1, 0.15) is 72.3 Å². The second-order valence-corrected chi connectivity index (χ2v) is 23.0. The summed E-state index contributed by atoms with van der Waals surface area (Å²) in [7, 11) is 3.09. The highest BCUT2D eigenvalue weighted by Crippen LogP contribution is 2.19. The summed E-state index contributed by atoms with van der Waals surface area (Å²) in [5.74, 6) is -12.6. The summed E-state index contributed by atoms with van der Waals surface area (Å²) < 4.78 is 11.0. The Morgan fingerprint density at radius 1 is 0.578 bits per heavy atom. The summed E-state index contributed by atoms with van der Waals surface area (Å²) in [5, 5.41) is 49.5. The van der Waals surface area contributed by atoms with Gasteiger partial charge in [-0.1, -0.05) is 124 Å². The minimum absolute atomic E-state index is 0.0245. The number of aliphatic hydroxyl groups is 2. The van der Waals surface area contributed by atoms with Crippen molar-refractivity contribution in [3.63, 3.8) is 0 Å². The number of hydrogen-bond acceptors (Lipinski definition) is 17. The number of carbonyl (C=O) groups excluding carboxylic acids is 12. The zero-order chi connectivity index (χ0) is 67.5. The van der Waals surface area contributed by atoms with Crippen LogP contribution >= 0.6 is 0 Å². The lowest BCUT2D eigenvalue weighted by Gasteiger charge is -2.31. The average Bonchev–Trinajstić information content (AvgIpc) is 2.08. The van der Waals surface area contributed by atoms with Crippen molar-refractivity contribution in [1.82, 2.24) is 58.5 Å². The van der Waals surface area contributed by atoms with Crippen molar-refractivity contribution in [2.45, 2.75) is 193 Å². The van der Waals surface area contributed by atoms with Gasteiger partial charge in [-0.25, -0.2) is 4.79 Å². The summed E-state index contributed by atoms with van der Waals surface area (Å²) in [6.45, 7) is 14.2. The molecule has 0 aromatic heterocycles. The second kappa shape index (κ2) is 37.7. The molecule has 90 heavy (non-hydrogen) atoms. The van der Waals surface area contributed by atoms with Crippen molar-refractivity contribution < 1.29 is 77.2 Å². The van der Waals surface area contributed by atoms with Crippen molar-refractivity contribution in [3.8, 4) is 5.75 Å². The smallest absolute Gasteiger partial charge is 0.329 e. The third-order valence-electron chi connectivity index (χ3n) is 16.4. The average molecular weight is 1270 g/mol. The van der Waals surface area contributed by atoms with E-state index in [2.05, 4.69) is 58.5 Å². The van der Waals surface area contributed by atoms with E-state index in [0.29, 0.717) is 30.6 Å². The number of nitrogens with two attached hydrogens (primary N) is 1. The number of carbonyl (C=O) groups is 12. The molecule has 2 aromatic carbocycles. The number of benzene rings is 2. The predicted molar refractivity (Wildman–Crippen MR) is 331 cm³/mol. The highest BCUT2D eigenvalue weighted by atomic mass is 16.5. The molecule has 3 rings (SSSR count). The van der Waals surface area contributed by atoms with Gasteiger partial charge >= 0.3 is 5.97 Å². The standard InChI is InChI=1S/C62H96N12O16/c1-13-32(5)47(71-54(80)42(64-11)28-38-20-18-17-19-21-38)58(84)68-44(30-75)56(82)66-41(26-27-46(63)77)53(79)70-49(34(7)15-3)60(86)72-48(33(6)14-2)59(85)69-45(31-76)57(83)74-51-37(10)90-62(88)50(35(8)16-4)73-55(81)43(67-52(78)36(9)65-61(51)87)29-39-22-24-40(89-12)25-23-39/h17-25,32-37,41-45,47-51,64,75-76H,13-16,26-31H2,1-12H3,(H2,63,77)(H,65,87)(H,66,82)(H,67,78)(H,68,84)(H,69,85)(H,70,79)(H,71,80)(H,72,86)(H,73,81)(H,74,83)/t32-,33-,34+,35-,36-,37-,41+,42+,43-,44-,45-,47-,48-,49+,50-,51+/m0/s1. The van der Waals surface area contributed by atoms with E-state index in [1.807, 2.05) is 30.3 Å². The molecule has 0 spiro atoms. The number of methoxy groups -OCH3 is 1. The van der Waals surface area contributed by atoms with E-state index in [4.69, 9.17) is 15.2 Å². The van der Waals surface area contributed by atoms with Crippen LogP contribution in [0, 0.1) is 23.7 Å². The zero-order valence-electron chi connectivity index (χ0n) is 53.7. The van der Waals surface area contributed by atoms with Crippen LogP contribution in [-0.2, 0) is 75.1 Å². The number of esters is 1. The first kappa shape index (κ1) is 76.0. The Kier molecular flexibility index (Phi) is 31.8. The number of primary amides is 1. The molecule has 1 saturated heterocycles. The van der Waals surface area contributed by atoms with E-state index in [0.717, 1.165) is 5.56 Å². The lowest BCUT2D eigenvalue weighted by molar-refractivity contribution is -0.157. The quantitative estimate of drug-likeness (QED) is 0.0355. The number of likely N-dealkylation sites (N-methyl/N-ethyl adjacent to an activating group) is 1. The normalized spacial score (nSPS) is 20.8. The first-order valence-electron chi connectivity index (χ1n) is 30.7. The molecule has 0 bridgehead atoms. The van der Waals surface area contributed by atoms with Gasteiger partial charge in [0.25, 0.3) is 0 Å². The van der Waals surface area contributed by atoms with Gasteiger partial charge in [-0.05, 0) is 80.7 Å². The zero-order valence-corrected chi connectivity index (χ0v) is 53.7. The molecular formula is C62H96N12O16. The van der Waals surface area contributed by atoms with Crippen molar-refractivity contribution >= 4 is 70.9 Å². The fourth-order valence-corrected chi connectivity index (χ4v) is 9.54. The summed E-state index contributed by atoms with van der Waals surface area (Å²) in [5.41, 5.74) is 6.94. The van der Waals surface area contributed by atoms with Crippen LogP contribution < -0.4 is 69.0 Å². The number of rotatable bonds is 33. The van der Waals surface area contributed by atoms with Gasteiger partial charge in [0, 0.05) is 12.8 Å². The van der Waals surface area contributed by atoms with Gasteiger partial charge in [-0.3, -0.25) is 52.7 Å². The molecule has 16 atom stereocenters. The molecule has 0 saturated carbocycles. The molecule has 1 aliphatic rings. The van der Waals surface area contributed by atoms with Gasteiger partial charge < -0.3 is 83.9 Å². The van der Waals surface area contributed by atoms with Crippen LogP contribution in [-0.4, -0.2) is 181 Å². The molecule has 2 aromatic rings. The highest BCUT2D eigenvalue weighted by molar-refractivity contribution is 5.99. The Hall–Kier alpha value is -8.24. The van der Waals surface area contributed by atoms with Crippen molar-refractivity contribution in [1.29, 1.82) is 0 Å². The maximum absolute atomic E-state index is 14.4. The van der Waals surface area contributed by atoms with Gasteiger partial charge in [0.05, 0.1) is 26.4 Å². The number of ether oxygens (including phenoxy) is 2. The number of hydrogen-bond donors (Lipinski definition) is 14. The molecule has 500 valence electrons. The van der Waals surface area contributed by atoms with Crippen LogP contribution in [0.25, 0.3) is 0 Å². The molecule has 11 amide bonds. The third kappa shape index (κ3) is 23.0. The fourth-order valence-electron chi connectivity index (χ4n) is 9.54. The molecule has 1 aliphatic heterocycles. The fraction of sp³-hybridized carbons (Fsp3) is 0.613. The van der Waals surface area contributed by atoms with E-state index in [9.17, 15) is 67.7 Å². The topological polar surface area (TPSA) is 422 Å². The third-order valence-corrected chi connectivity index (χ3v) is 16.4. The van der Waals surface area contributed by atoms with Crippen molar-refractivity contribution in [3.05, 3.63) is 65.7 Å². The molecule has 1 heterocycles. The highest BCUT2D eigenvalue weighted by Gasteiger charge is 2.41. The molecule has 0 unspecified atom stereocenters. The number of cyclic esters (lactones) is 1. The van der Waals surface area contributed by atoms with Crippen molar-refractivity contribution in [2.24, 2.45) is 29.4 Å². The molecule has 1 fully saturated rings. The molecule has 0 radical (unpaired) electrons. The Labute approximate surface area is 526 Å². The first-order chi connectivity index (χ1) is 42.6. The van der Waals surface area contributed by atoms with E-state index in [-0.39, 0.29) is 19.3 Å². The summed E-state index contributed by atoms with van der Waals surface area (Å²) in [4.78, 5) is 166. The molecule has 28 heteroatoms. The van der Waals surface area contributed by atoms with Gasteiger partial charge in [0.15, 0.2) is 0 Å². The maximum atomic E-state index is 14.4. The SMILES string of the molecule is CC[C@@H](C)[C@@H](NC(=O)[C@@H](CCC(N)=O)NC(=O)[C@H](CO)NC(=O)[C@@H](NC(=O)[C@@H](Cc1ccccc1)NC)[C@@H](C)CC)C(=O)N[C@H](C(=O)N[C@@H](CO)C(=O)N[C@H]1C(=O)N[C@@H](C)C(=O)N[C@@H](Cc2ccc(OC)cc2)C(=O)N[C@@H]([C@@H](C)CC)C(=O)O[C@H]1C)[C@@H](C)CC. The monoisotopic (exact) mass is 1260 g/mol.